The van der Waals surface area contributed by atoms with Gasteiger partial charge in [0.25, 0.3) is 0 Å². The summed E-state index contributed by atoms with van der Waals surface area (Å²) in [5, 5.41) is 6.26. The van der Waals surface area contributed by atoms with Gasteiger partial charge in [0.1, 0.15) is 5.82 Å². The van der Waals surface area contributed by atoms with Crippen LogP contribution in [0.25, 0.3) is 0 Å². The van der Waals surface area contributed by atoms with Crippen molar-refractivity contribution in [3.63, 3.8) is 0 Å². The number of sulfone groups is 1. The molecule has 2 rings (SSSR count). The molecule has 0 radical (unpaired) electrons. The molecule has 0 saturated heterocycles. The van der Waals surface area contributed by atoms with Crippen LogP contribution in [0.4, 0.5) is 4.39 Å². The van der Waals surface area contributed by atoms with Crippen LogP contribution < -0.4 is 10.6 Å². The molecule has 2 aromatic carbocycles. The molecule has 0 aliphatic heterocycles. The largest absolute Gasteiger partial charge is 0.356 e. The molecule has 2 aromatic rings. The lowest BCUT2D eigenvalue weighted by Gasteiger charge is -2.20. The summed E-state index contributed by atoms with van der Waals surface area (Å²) in [6.07, 6.45) is 1.13. The highest BCUT2D eigenvalue weighted by molar-refractivity contribution is 14.0. The van der Waals surface area contributed by atoms with Crippen LogP contribution in [0, 0.1) is 5.82 Å². The number of guanidine groups is 1. The lowest BCUT2D eigenvalue weighted by molar-refractivity contribution is 0.568. The van der Waals surface area contributed by atoms with E-state index in [0.29, 0.717) is 35.8 Å². The summed E-state index contributed by atoms with van der Waals surface area (Å²) >= 11 is 0. The first-order chi connectivity index (χ1) is 13.0. The van der Waals surface area contributed by atoms with Gasteiger partial charge in [-0.05, 0) is 36.6 Å². The van der Waals surface area contributed by atoms with E-state index in [-0.39, 0.29) is 41.6 Å². The van der Waals surface area contributed by atoms with E-state index in [1.807, 2.05) is 6.92 Å². The minimum atomic E-state index is -3.39. The van der Waals surface area contributed by atoms with E-state index in [2.05, 4.69) is 15.6 Å². The topological polar surface area (TPSA) is 70.6 Å². The van der Waals surface area contributed by atoms with Crippen molar-refractivity contribution < 1.29 is 12.8 Å². The van der Waals surface area contributed by atoms with E-state index >= 15 is 0 Å². The van der Waals surface area contributed by atoms with Gasteiger partial charge in [0.15, 0.2) is 15.8 Å². The van der Waals surface area contributed by atoms with Crippen molar-refractivity contribution in [2.45, 2.75) is 30.7 Å². The second kappa shape index (κ2) is 12.0. The monoisotopic (exact) mass is 519 g/mol. The number of nitrogens with zero attached hydrogens (tertiary/aromatic N) is 1. The molecule has 1 atom stereocenters. The lowest BCUT2D eigenvalue weighted by atomic mass is 10.1. The second-order valence-electron chi connectivity index (χ2n) is 6.18. The summed E-state index contributed by atoms with van der Waals surface area (Å²) < 4.78 is 38.8. The van der Waals surface area contributed by atoms with Crippen LogP contribution in [0.15, 0.2) is 64.5 Å². The number of hydrogen-bond acceptors (Lipinski definition) is 3. The minimum absolute atomic E-state index is 0. The third kappa shape index (κ3) is 7.38. The Balaban J connectivity index is 0.00000392. The zero-order valence-electron chi connectivity index (χ0n) is 16.1. The van der Waals surface area contributed by atoms with Gasteiger partial charge < -0.3 is 10.6 Å². The van der Waals surface area contributed by atoms with Crippen LogP contribution in [-0.2, 0) is 16.3 Å². The van der Waals surface area contributed by atoms with Crippen LogP contribution >= 0.6 is 24.0 Å². The van der Waals surface area contributed by atoms with Crippen molar-refractivity contribution in [3.8, 4) is 0 Å². The van der Waals surface area contributed by atoms with Crippen molar-refractivity contribution in [3.05, 3.63) is 66.0 Å². The molecule has 0 bridgehead atoms. The summed E-state index contributed by atoms with van der Waals surface area (Å²) in [5.41, 5.74) is 0.624. The molecule has 0 fully saturated rings. The van der Waals surface area contributed by atoms with Crippen molar-refractivity contribution in [1.29, 1.82) is 0 Å². The van der Waals surface area contributed by atoms with Gasteiger partial charge in [-0.15, -0.1) is 24.0 Å². The highest BCUT2D eigenvalue weighted by Crippen LogP contribution is 2.12. The van der Waals surface area contributed by atoms with Gasteiger partial charge >= 0.3 is 0 Å². The Labute approximate surface area is 183 Å². The van der Waals surface area contributed by atoms with Crippen LogP contribution in [0.5, 0.6) is 0 Å². The van der Waals surface area contributed by atoms with E-state index in [1.54, 1.807) is 55.6 Å². The average Bonchev–Trinajstić information content (AvgIpc) is 2.68. The van der Waals surface area contributed by atoms with Crippen LogP contribution in [0.2, 0.25) is 0 Å². The summed E-state index contributed by atoms with van der Waals surface area (Å²) in [4.78, 5) is 4.45. The number of benzene rings is 2. The standard InChI is InChI=1S/C20H26FN3O2S.HI/c1-3-17(15-27(25,26)18-10-5-4-6-11-18)24-20(22-2)23-14-13-16-9-7-8-12-19(16)21;/h4-12,17H,3,13-15H2,1-2H3,(H2,22,23,24);1H. The van der Waals surface area contributed by atoms with E-state index in [1.165, 1.54) is 6.07 Å². The molecule has 154 valence electrons. The molecule has 0 aromatic heterocycles. The predicted molar refractivity (Wildman–Crippen MR) is 123 cm³/mol. The van der Waals surface area contributed by atoms with Gasteiger partial charge in [0.05, 0.1) is 10.6 Å². The average molecular weight is 519 g/mol. The van der Waals surface area contributed by atoms with Gasteiger partial charge in [-0.2, -0.15) is 0 Å². The molecule has 8 heteroatoms. The molecule has 0 spiro atoms. The highest BCUT2D eigenvalue weighted by atomic mass is 127. The Hall–Kier alpha value is -1.68. The first-order valence-electron chi connectivity index (χ1n) is 8.94. The van der Waals surface area contributed by atoms with Gasteiger partial charge in [-0.1, -0.05) is 43.3 Å². The Bertz CT molecular complexity index is 861. The molecule has 0 amide bonds. The number of hydrogen-bond donors (Lipinski definition) is 2. The third-order valence-corrected chi connectivity index (χ3v) is 6.06. The Morgan fingerprint density at radius 3 is 2.36 bits per heavy atom. The fraction of sp³-hybridized carbons (Fsp3) is 0.350. The minimum Gasteiger partial charge on any atom is -0.356 e. The van der Waals surface area contributed by atoms with Gasteiger partial charge in [0.2, 0.25) is 0 Å². The molecule has 5 nitrogen and oxygen atoms in total. The van der Waals surface area contributed by atoms with Crippen molar-refractivity contribution in [2.75, 3.05) is 19.3 Å². The lowest BCUT2D eigenvalue weighted by Crippen LogP contribution is -2.46. The SMILES string of the molecule is CCC(CS(=O)(=O)c1ccccc1)NC(=NC)NCCc1ccccc1F.I. The molecule has 1 unspecified atom stereocenters. The smallest absolute Gasteiger partial charge is 0.191 e. The fourth-order valence-corrected chi connectivity index (χ4v) is 4.27. The molecule has 0 saturated carbocycles. The number of rotatable bonds is 8. The van der Waals surface area contributed by atoms with Crippen LogP contribution in [0.1, 0.15) is 18.9 Å². The molecule has 0 heterocycles. The third-order valence-electron chi connectivity index (χ3n) is 4.22. The van der Waals surface area contributed by atoms with Crippen molar-refractivity contribution >= 4 is 39.8 Å². The number of aliphatic imine (C=N–C) groups is 1. The molecular formula is C20H27FIN3O2S. The Morgan fingerprint density at radius 2 is 1.75 bits per heavy atom. The van der Waals surface area contributed by atoms with E-state index in [9.17, 15) is 12.8 Å². The van der Waals surface area contributed by atoms with E-state index in [0.717, 1.165) is 0 Å². The molecule has 0 aliphatic rings. The fourth-order valence-electron chi connectivity index (χ4n) is 2.66. The van der Waals surface area contributed by atoms with Crippen LogP contribution in [-0.4, -0.2) is 39.8 Å². The normalized spacial score (nSPS) is 12.8. The number of nitrogens with one attached hydrogen (secondary N) is 2. The van der Waals surface area contributed by atoms with Gasteiger partial charge in [0, 0.05) is 19.6 Å². The summed E-state index contributed by atoms with van der Waals surface area (Å²) in [6.45, 7) is 2.41. The van der Waals surface area contributed by atoms with E-state index < -0.39 is 9.84 Å². The Kier molecular flexibility index (Phi) is 10.4. The zero-order chi connectivity index (χ0) is 19.7. The maximum atomic E-state index is 13.7. The maximum absolute atomic E-state index is 13.7. The van der Waals surface area contributed by atoms with E-state index in [4.69, 9.17) is 0 Å². The van der Waals surface area contributed by atoms with Gasteiger partial charge in [-0.25, -0.2) is 12.8 Å². The highest BCUT2D eigenvalue weighted by Gasteiger charge is 2.20. The quantitative estimate of drug-likeness (QED) is 0.319. The summed E-state index contributed by atoms with van der Waals surface area (Å²) in [7, 11) is -1.77. The maximum Gasteiger partial charge on any atom is 0.191 e. The van der Waals surface area contributed by atoms with Crippen molar-refractivity contribution in [1.82, 2.24) is 10.6 Å². The predicted octanol–water partition coefficient (Wildman–Crippen LogP) is 3.40. The Morgan fingerprint density at radius 1 is 1.11 bits per heavy atom. The van der Waals surface area contributed by atoms with Crippen LogP contribution in [0.3, 0.4) is 0 Å². The molecular weight excluding hydrogens is 492 g/mol. The first kappa shape index (κ1) is 24.4. The number of halogens is 2. The second-order valence-corrected chi connectivity index (χ2v) is 8.22. The zero-order valence-corrected chi connectivity index (χ0v) is 19.2. The first-order valence-corrected chi connectivity index (χ1v) is 10.6. The molecule has 28 heavy (non-hydrogen) atoms. The summed E-state index contributed by atoms with van der Waals surface area (Å²) in [6, 6.07) is 14.8. The van der Waals surface area contributed by atoms with Gasteiger partial charge in [-0.3, -0.25) is 4.99 Å². The molecule has 0 aliphatic carbocycles. The summed E-state index contributed by atoms with van der Waals surface area (Å²) in [5.74, 6) is 0.241. The molecule has 2 N–H and O–H groups in total. The van der Waals surface area contributed by atoms with Crippen molar-refractivity contribution in [2.24, 2.45) is 4.99 Å².